The summed E-state index contributed by atoms with van der Waals surface area (Å²) in [4.78, 5) is 10.1. The first kappa shape index (κ1) is 28.8. The number of rotatable bonds is 3. The summed E-state index contributed by atoms with van der Waals surface area (Å²) in [6, 6.07) is 47.0. The van der Waals surface area contributed by atoms with Crippen molar-refractivity contribution >= 4 is 75.9 Å². The first-order chi connectivity index (χ1) is 25.2. The van der Waals surface area contributed by atoms with Crippen molar-refractivity contribution in [1.29, 1.82) is 0 Å². The molecule has 240 valence electrons. The fraction of sp³-hybridized carbons (Fsp3) is 0.0435. The molecular weight excluding hydrogens is 692 g/mol. The van der Waals surface area contributed by atoms with Crippen LogP contribution >= 0.6 is 15.9 Å². The van der Waals surface area contributed by atoms with E-state index in [-0.39, 0.29) is 12.0 Å². The number of hydrogen-bond donors (Lipinski definition) is 0. The molecule has 0 saturated heterocycles. The van der Waals surface area contributed by atoms with E-state index in [0.717, 1.165) is 43.5 Å². The zero-order chi connectivity index (χ0) is 33.6. The monoisotopic (exact) mass is 718 g/mol. The van der Waals surface area contributed by atoms with E-state index in [1.807, 2.05) is 48.5 Å². The van der Waals surface area contributed by atoms with E-state index in [1.165, 1.54) is 49.0 Å². The third-order valence-electron chi connectivity index (χ3n) is 10.5. The zero-order valence-corrected chi connectivity index (χ0v) is 28.8. The number of nitrogens with zero attached hydrogens (tertiary/aromatic N) is 2. The van der Waals surface area contributed by atoms with Crippen LogP contribution < -0.4 is 4.74 Å². The minimum absolute atomic E-state index is 0.0712. The van der Waals surface area contributed by atoms with Crippen molar-refractivity contribution in [2.75, 3.05) is 0 Å². The highest BCUT2D eigenvalue weighted by molar-refractivity contribution is 9.10. The van der Waals surface area contributed by atoms with Crippen molar-refractivity contribution in [3.05, 3.63) is 167 Å². The van der Waals surface area contributed by atoms with Gasteiger partial charge in [0.2, 0.25) is 0 Å². The molecule has 9 aromatic rings. The van der Waals surface area contributed by atoms with Crippen LogP contribution in [0.3, 0.4) is 0 Å². The Labute approximate surface area is 301 Å². The highest BCUT2D eigenvalue weighted by Crippen LogP contribution is 2.47. The van der Waals surface area contributed by atoms with E-state index in [2.05, 4.69) is 119 Å². The van der Waals surface area contributed by atoms with E-state index in [0.29, 0.717) is 11.4 Å². The Morgan fingerprint density at radius 1 is 0.569 bits per heavy atom. The molecule has 11 rings (SSSR count). The van der Waals surface area contributed by atoms with Gasteiger partial charge in [0.1, 0.15) is 28.6 Å². The molecule has 0 spiro atoms. The largest absolute Gasteiger partial charge is 0.485 e. The third-order valence-corrected chi connectivity index (χ3v) is 11.0. The van der Waals surface area contributed by atoms with Crippen molar-refractivity contribution < 1.29 is 9.15 Å². The summed E-state index contributed by atoms with van der Waals surface area (Å²) in [6.07, 6.45) is 6.72. The van der Waals surface area contributed by atoms with E-state index in [4.69, 9.17) is 19.1 Å². The molecule has 0 radical (unpaired) electrons. The minimum Gasteiger partial charge on any atom is -0.485 e. The molecule has 5 heteroatoms. The Morgan fingerprint density at radius 3 is 2.04 bits per heavy atom. The van der Waals surface area contributed by atoms with Gasteiger partial charge in [-0.25, -0.2) is 9.97 Å². The maximum absolute atomic E-state index is 6.62. The van der Waals surface area contributed by atoms with E-state index >= 15 is 0 Å². The molecule has 4 nitrogen and oxygen atoms in total. The summed E-state index contributed by atoms with van der Waals surface area (Å²) in [6.45, 7) is 0. The molecule has 1 aliphatic heterocycles. The SMILES string of the molecule is Brc1ccc2c(c1)oc1c(-c3ccc4c(c3)OC3C=CC(c5ccc6c7ccccc7c7ccccc7c6c5)=CC43)nc(-c3ccccc3)nc12. The molecule has 2 aliphatic rings. The Bertz CT molecular complexity index is 2940. The fourth-order valence-corrected chi connectivity index (χ4v) is 8.39. The van der Waals surface area contributed by atoms with Gasteiger partial charge in [-0.1, -0.05) is 131 Å². The Balaban J connectivity index is 1.02. The second kappa shape index (κ2) is 11.0. The maximum Gasteiger partial charge on any atom is 0.180 e. The lowest BCUT2D eigenvalue weighted by molar-refractivity contribution is 0.269. The summed E-state index contributed by atoms with van der Waals surface area (Å²) < 4.78 is 14.0. The quantitative estimate of drug-likeness (QED) is 0.171. The first-order valence-corrected chi connectivity index (χ1v) is 18.0. The Morgan fingerprint density at radius 2 is 1.25 bits per heavy atom. The van der Waals surface area contributed by atoms with Crippen LogP contribution in [0.2, 0.25) is 0 Å². The molecule has 0 N–H and O–H groups in total. The maximum atomic E-state index is 6.62. The predicted octanol–water partition coefficient (Wildman–Crippen LogP) is 12.4. The summed E-state index contributed by atoms with van der Waals surface area (Å²) in [7, 11) is 0. The number of halogens is 1. The summed E-state index contributed by atoms with van der Waals surface area (Å²) in [5, 5.41) is 8.64. The lowest BCUT2D eigenvalue weighted by Crippen LogP contribution is -2.16. The molecule has 1 aliphatic carbocycles. The summed E-state index contributed by atoms with van der Waals surface area (Å²) in [5.74, 6) is 1.63. The normalized spacial score (nSPS) is 16.5. The summed E-state index contributed by atoms with van der Waals surface area (Å²) >= 11 is 3.59. The van der Waals surface area contributed by atoms with Gasteiger partial charge in [0.25, 0.3) is 0 Å². The lowest BCUT2D eigenvalue weighted by Gasteiger charge is -2.19. The number of furan rings is 1. The van der Waals surface area contributed by atoms with Crippen LogP contribution in [0.1, 0.15) is 17.0 Å². The molecule has 2 aromatic heterocycles. The molecule has 2 unspecified atom stereocenters. The van der Waals surface area contributed by atoms with E-state index < -0.39 is 0 Å². The van der Waals surface area contributed by atoms with Gasteiger partial charge in [-0.3, -0.25) is 0 Å². The average Bonchev–Trinajstić information content (AvgIpc) is 3.74. The predicted molar refractivity (Wildman–Crippen MR) is 211 cm³/mol. The number of ether oxygens (including phenoxy) is 1. The number of benzene rings is 7. The first-order valence-electron chi connectivity index (χ1n) is 17.2. The van der Waals surface area contributed by atoms with Crippen molar-refractivity contribution in [3.63, 3.8) is 0 Å². The molecule has 0 fully saturated rings. The van der Waals surface area contributed by atoms with Crippen molar-refractivity contribution in [2.24, 2.45) is 0 Å². The third kappa shape index (κ3) is 4.44. The number of allylic oxidation sites excluding steroid dienone is 2. The highest BCUT2D eigenvalue weighted by Gasteiger charge is 2.34. The number of fused-ring (bicyclic) bond motifs is 12. The van der Waals surface area contributed by atoms with Crippen LogP contribution in [0.15, 0.2) is 161 Å². The van der Waals surface area contributed by atoms with Gasteiger partial charge >= 0.3 is 0 Å². The van der Waals surface area contributed by atoms with Crippen LogP contribution in [-0.2, 0) is 0 Å². The molecular formula is C46H27BrN2O2. The van der Waals surface area contributed by atoms with Gasteiger partial charge in [0.15, 0.2) is 11.4 Å². The van der Waals surface area contributed by atoms with Crippen molar-refractivity contribution in [1.82, 2.24) is 9.97 Å². The Hall–Kier alpha value is -6.04. The van der Waals surface area contributed by atoms with Gasteiger partial charge in [-0.15, -0.1) is 0 Å². The highest BCUT2D eigenvalue weighted by atomic mass is 79.9. The number of aromatic nitrogens is 2. The number of hydrogen-bond acceptors (Lipinski definition) is 4. The molecule has 0 bridgehead atoms. The summed E-state index contributed by atoms with van der Waals surface area (Å²) in [5.41, 5.74) is 8.43. The topological polar surface area (TPSA) is 48.2 Å². The van der Waals surface area contributed by atoms with Gasteiger partial charge in [-0.05, 0) is 79.9 Å². The van der Waals surface area contributed by atoms with Crippen molar-refractivity contribution in [2.45, 2.75) is 12.0 Å². The van der Waals surface area contributed by atoms with Gasteiger partial charge in [0, 0.05) is 32.5 Å². The lowest BCUT2D eigenvalue weighted by atomic mass is 9.85. The molecule has 0 amide bonds. The van der Waals surface area contributed by atoms with Gasteiger partial charge in [-0.2, -0.15) is 0 Å². The average molecular weight is 720 g/mol. The van der Waals surface area contributed by atoms with E-state index in [9.17, 15) is 0 Å². The smallest absolute Gasteiger partial charge is 0.180 e. The molecule has 0 saturated carbocycles. The van der Waals surface area contributed by atoms with E-state index in [1.54, 1.807) is 0 Å². The molecule has 51 heavy (non-hydrogen) atoms. The van der Waals surface area contributed by atoms with Crippen LogP contribution in [0.25, 0.3) is 82.6 Å². The second-order valence-corrected chi connectivity index (χ2v) is 14.3. The zero-order valence-electron chi connectivity index (χ0n) is 27.2. The van der Waals surface area contributed by atoms with Crippen LogP contribution in [0, 0.1) is 0 Å². The fourth-order valence-electron chi connectivity index (χ4n) is 8.05. The van der Waals surface area contributed by atoms with Crippen LogP contribution in [-0.4, -0.2) is 16.1 Å². The van der Waals surface area contributed by atoms with Crippen LogP contribution in [0.5, 0.6) is 5.75 Å². The minimum atomic E-state index is -0.0712. The molecule has 7 aromatic carbocycles. The standard InChI is InChI=1S/C46H27BrN2O2/c47-30-17-20-37-42(25-30)51-45-43(48-46(49-44(37)45)26-8-2-1-3-9-26)29-15-19-36-39-23-28(16-21-40(39)50-41(36)24-29)27-14-18-35-33-12-5-4-10-31(33)32-11-6-7-13-34(32)38(35)22-27/h1-25,39-40H. The van der Waals surface area contributed by atoms with Gasteiger partial charge < -0.3 is 9.15 Å². The van der Waals surface area contributed by atoms with Gasteiger partial charge in [0.05, 0.1) is 0 Å². The molecule has 3 heterocycles. The van der Waals surface area contributed by atoms with Crippen molar-refractivity contribution in [3.8, 4) is 28.4 Å². The molecule has 2 atom stereocenters. The van der Waals surface area contributed by atoms with Crippen LogP contribution in [0.4, 0.5) is 0 Å². The second-order valence-electron chi connectivity index (χ2n) is 13.4. The Kier molecular flexibility index (Phi) is 6.19.